The van der Waals surface area contributed by atoms with Gasteiger partial charge in [0.15, 0.2) is 0 Å². The quantitative estimate of drug-likeness (QED) is 0.636. The van der Waals surface area contributed by atoms with Crippen LogP contribution in [-0.2, 0) is 0 Å². The van der Waals surface area contributed by atoms with Crippen molar-refractivity contribution in [2.45, 2.75) is 0 Å². The van der Waals surface area contributed by atoms with E-state index in [4.69, 9.17) is 34.8 Å². The molecule has 2 aromatic heterocycles. The second kappa shape index (κ2) is 4.89. The molecule has 0 atom stereocenters. The zero-order valence-electron chi connectivity index (χ0n) is 9.31. The van der Waals surface area contributed by atoms with Crippen molar-refractivity contribution in [3.05, 3.63) is 45.9 Å². The number of benzene rings is 1. The van der Waals surface area contributed by atoms with Crippen LogP contribution in [0.2, 0.25) is 15.2 Å². The number of hydrogen-bond acceptors (Lipinski definition) is 4. The minimum atomic E-state index is 0.325. The van der Waals surface area contributed by atoms with Gasteiger partial charge in [0.1, 0.15) is 22.7 Å². The first-order valence-corrected chi connectivity index (χ1v) is 6.37. The van der Waals surface area contributed by atoms with E-state index in [2.05, 4.69) is 20.2 Å². The fourth-order valence-electron chi connectivity index (χ4n) is 1.73. The normalized spacial score (nSPS) is 10.9. The van der Waals surface area contributed by atoms with Crippen molar-refractivity contribution >= 4 is 45.7 Å². The fourth-order valence-corrected chi connectivity index (χ4v) is 2.41. The van der Waals surface area contributed by atoms with Crippen LogP contribution in [0.1, 0.15) is 0 Å². The molecule has 0 aliphatic heterocycles. The molecule has 0 amide bonds. The van der Waals surface area contributed by atoms with Gasteiger partial charge in [0, 0.05) is 10.6 Å². The van der Waals surface area contributed by atoms with E-state index in [1.165, 1.54) is 12.5 Å². The topological polar surface area (TPSA) is 51.6 Å². The highest BCUT2D eigenvalue weighted by molar-refractivity contribution is 6.37. The van der Waals surface area contributed by atoms with Crippen LogP contribution in [-0.4, -0.2) is 20.2 Å². The van der Waals surface area contributed by atoms with Gasteiger partial charge >= 0.3 is 0 Å². The number of rotatable bonds is 1. The Bertz CT molecular complexity index is 776. The molecule has 94 valence electrons. The molecular formula is C12H5Cl3N4. The lowest BCUT2D eigenvalue weighted by Gasteiger charge is -2.06. The molecule has 19 heavy (non-hydrogen) atoms. The van der Waals surface area contributed by atoms with E-state index in [1.54, 1.807) is 18.2 Å². The van der Waals surface area contributed by atoms with Crippen LogP contribution in [0.3, 0.4) is 0 Å². The number of halogens is 3. The highest BCUT2D eigenvalue weighted by Gasteiger charge is 2.13. The van der Waals surface area contributed by atoms with Crippen LogP contribution in [0, 0.1) is 0 Å². The third-order valence-corrected chi connectivity index (χ3v) is 3.44. The molecule has 0 unspecified atom stereocenters. The predicted molar refractivity (Wildman–Crippen MR) is 75.6 cm³/mol. The Balaban J connectivity index is 2.34. The molecule has 7 heteroatoms. The standard InChI is InChI=1S/C12H5Cl3N4/c13-6-1-2-7(9(14)3-6)11-10-8(4-18-19-11)12(15)17-5-16-10/h1-5H. The van der Waals surface area contributed by atoms with E-state index in [9.17, 15) is 0 Å². The van der Waals surface area contributed by atoms with Gasteiger partial charge in [0.2, 0.25) is 0 Å². The molecule has 0 N–H and O–H groups in total. The van der Waals surface area contributed by atoms with Gasteiger partial charge in [-0.15, -0.1) is 5.10 Å². The largest absolute Gasteiger partial charge is 0.234 e. The van der Waals surface area contributed by atoms with E-state index in [1.807, 2.05) is 0 Å². The maximum absolute atomic E-state index is 6.18. The molecule has 3 aromatic rings. The molecule has 0 spiro atoms. The summed E-state index contributed by atoms with van der Waals surface area (Å²) < 4.78 is 0. The zero-order chi connectivity index (χ0) is 13.4. The van der Waals surface area contributed by atoms with Crippen molar-refractivity contribution in [1.82, 2.24) is 20.2 Å². The Kier molecular flexibility index (Phi) is 3.22. The number of fused-ring (bicyclic) bond motifs is 1. The Morgan fingerprint density at radius 1 is 1.00 bits per heavy atom. The van der Waals surface area contributed by atoms with E-state index in [0.29, 0.717) is 37.4 Å². The van der Waals surface area contributed by atoms with Gasteiger partial charge in [-0.25, -0.2) is 9.97 Å². The van der Waals surface area contributed by atoms with E-state index in [-0.39, 0.29) is 0 Å². The second-order valence-corrected chi connectivity index (χ2v) is 4.95. The molecule has 0 saturated heterocycles. The summed E-state index contributed by atoms with van der Waals surface area (Å²) in [7, 11) is 0. The van der Waals surface area contributed by atoms with E-state index in [0.717, 1.165) is 0 Å². The van der Waals surface area contributed by atoms with Crippen LogP contribution in [0.25, 0.3) is 22.2 Å². The molecule has 0 bridgehead atoms. The first-order chi connectivity index (χ1) is 9.16. The van der Waals surface area contributed by atoms with Crippen LogP contribution in [0.5, 0.6) is 0 Å². The minimum Gasteiger partial charge on any atom is -0.234 e. The van der Waals surface area contributed by atoms with Gasteiger partial charge < -0.3 is 0 Å². The number of hydrogen-bond donors (Lipinski definition) is 0. The molecule has 0 aliphatic carbocycles. The van der Waals surface area contributed by atoms with Gasteiger partial charge in [-0.3, -0.25) is 0 Å². The zero-order valence-corrected chi connectivity index (χ0v) is 11.6. The predicted octanol–water partition coefficient (Wildman–Crippen LogP) is 4.05. The molecule has 3 rings (SSSR count). The summed E-state index contributed by atoms with van der Waals surface area (Å²) in [6, 6.07) is 5.14. The SMILES string of the molecule is Clc1ccc(-c2nncc3c(Cl)ncnc23)c(Cl)c1. The lowest BCUT2D eigenvalue weighted by Crippen LogP contribution is -1.94. The average Bonchev–Trinajstić information content (AvgIpc) is 2.39. The smallest absolute Gasteiger partial charge is 0.141 e. The Hall–Kier alpha value is -1.49. The summed E-state index contributed by atoms with van der Waals surface area (Å²) in [5.41, 5.74) is 1.83. The Morgan fingerprint density at radius 3 is 2.63 bits per heavy atom. The van der Waals surface area contributed by atoms with Gasteiger partial charge in [0.25, 0.3) is 0 Å². The first kappa shape index (κ1) is 12.5. The molecule has 1 aromatic carbocycles. The van der Waals surface area contributed by atoms with Crippen LogP contribution >= 0.6 is 34.8 Å². The maximum Gasteiger partial charge on any atom is 0.141 e. The first-order valence-electron chi connectivity index (χ1n) is 5.24. The number of nitrogens with zero attached hydrogens (tertiary/aromatic N) is 4. The molecular weight excluding hydrogens is 307 g/mol. The molecule has 0 aliphatic rings. The lowest BCUT2D eigenvalue weighted by atomic mass is 10.1. The third kappa shape index (κ3) is 2.23. The minimum absolute atomic E-state index is 0.325. The van der Waals surface area contributed by atoms with Crippen LogP contribution in [0.4, 0.5) is 0 Å². The highest BCUT2D eigenvalue weighted by Crippen LogP contribution is 2.33. The van der Waals surface area contributed by atoms with Gasteiger partial charge in [0.05, 0.1) is 16.6 Å². The van der Waals surface area contributed by atoms with Crippen molar-refractivity contribution in [3.8, 4) is 11.3 Å². The maximum atomic E-state index is 6.18. The van der Waals surface area contributed by atoms with Crippen molar-refractivity contribution in [2.24, 2.45) is 0 Å². The summed E-state index contributed by atoms with van der Waals surface area (Å²) in [5, 5.41) is 9.97. The van der Waals surface area contributed by atoms with E-state index < -0.39 is 0 Å². The highest BCUT2D eigenvalue weighted by atomic mass is 35.5. The van der Waals surface area contributed by atoms with Gasteiger partial charge in [-0.1, -0.05) is 34.8 Å². The molecule has 2 heterocycles. The second-order valence-electron chi connectivity index (χ2n) is 3.74. The summed E-state index contributed by atoms with van der Waals surface area (Å²) in [6.45, 7) is 0. The van der Waals surface area contributed by atoms with Gasteiger partial charge in [-0.05, 0) is 18.2 Å². The molecule has 0 saturated carbocycles. The third-order valence-electron chi connectivity index (χ3n) is 2.59. The fraction of sp³-hybridized carbons (Fsp3) is 0. The molecule has 0 fully saturated rings. The van der Waals surface area contributed by atoms with Crippen molar-refractivity contribution in [3.63, 3.8) is 0 Å². The van der Waals surface area contributed by atoms with E-state index >= 15 is 0 Å². The van der Waals surface area contributed by atoms with Crippen molar-refractivity contribution in [2.75, 3.05) is 0 Å². The Morgan fingerprint density at radius 2 is 1.84 bits per heavy atom. The lowest BCUT2D eigenvalue weighted by molar-refractivity contribution is 1.04. The monoisotopic (exact) mass is 310 g/mol. The summed E-state index contributed by atoms with van der Waals surface area (Å²) in [6.07, 6.45) is 2.89. The summed E-state index contributed by atoms with van der Waals surface area (Å²) in [4.78, 5) is 8.10. The number of aromatic nitrogens is 4. The average molecular weight is 312 g/mol. The molecule has 4 nitrogen and oxygen atoms in total. The van der Waals surface area contributed by atoms with Crippen molar-refractivity contribution in [1.29, 1.82) is 0 Å². The molecule has 0 radical (unpaired) electrons. The summed E-state index contributed by atoms with van der Waals surface area (Å²) in [5.74, 6) is 0. The van der Waals surface area contributed by atoms with Crippen LogP contribution < -0.4 is 0 Å². The summed E-state index contributed by atoms with van der Waals surface area (Å²) >= 11 is 18.1. The van der Waals surface area contributed by atoms with Gasteiger partial charge in [-0.2, -0.15) is 5.10 Å². The Labute approximate surface area is 123 Å². The van der Waals surface area contributed by atoms with Crippen molar-refractivity contribution < 1.29 is 0 Å². The van der Waals surface area contributed by atoms with Crippen LogP contribution in [0.15, 0.2) is 30.7 Å².